The lowest BCUT2D eigenvalue weighted by molar-refractivity contribution is 0.0693. The van der Waals surface area contributed by atoms with Crippen LogP contribution in [0.1, 0.15) is 35.4 Å². The van der Waals surface area contributed by atoms with Crippen molar-refractivity contribution in [1.82, 2.24) is 4.90 Å². The minimum Gasteiger partial charge on any atom is -0.478 e. The molecule has 92 valence electrons. The fraction of sp³-hybridized carbons (Fsp3) is 0.615. The van der Waals surface area contributed by atoms with Crippen molar-refractivity contribution in [3.8, 4) is 0 Å². The molecule has 1 aliphatic heterocycles. The van der Waals surface area contributed by atoms with Gasteiger partial charge in [0.1, 0.15) is 11.3 Å². The first kappa shape index (κ1) is 10.8. The van der Waals surface area contributed by atoms with Gasteiger partial charge in [-0.3, -0.25) is 4.90 Å². The van der Waals surface area contributed by atoms with Crippen LogP contribution in [0.4, 0.5) is 0 Å². The van der Waals surface area contributed by atoms with Crippen LogP contribution >= 0.6 is 0 Å². The van der Waals surface area contributed by atoms with E-state index in [-0.39, 0.29) is 0 Å². The Morgan fingerprint density at radius 1 is 1.41 bits per heavy atom. The summed E-state index contributed by atoms with van der Waals surface area (Å²) in [6.07, 6.45) is 5.51. The molecular formula is C13H17NO3. The maximum absolute atomic E-state index is 11.0. The highest BCUT2D eigenvalue weighted by Gasteiger charge is 2.36. The van der Waals surface area contributed by atoms with Gasteiger partial charge in [-0.05, 0) is 30.7 Å². The van der Waals surface area contributed by atoms with Crippen LogP contribution in [-0.4, -0.2) is 29.1 Å². The first-order valence-electron chi connectivity index (χ1n) is 6.26. The zero-order chi connectivity index (χ0) is 11.8. The second kappa shape index (κ2) is 4.18. The van der Waals surface area contributed by atoms with E-state index in [1.165, 1.54) is 31.6 Å². The minimum absolute atomic E-state index is 0.307. The lowest BCUT2D eigenvalue weighted by Gasteiger charge is -2.15. The highest BCUT2D eigenvalue weighted by Crippen LogP contribution is 2.38. The molecule has 0 amide bonds. The second-order valence-corrected chi connectivity index (χ2v) is 5.21. The van der Waals surface area contributed by atoms with Crippen molar-refractivity contribution in [1.29, 1.82) is 0 Å². The standard InChI is InChI=1S/C13H17NO3/c15-13(16)11-4-5-17-12(11)8-14-6-9-2-1-3-10(9)7-14/h4-5,9-10H,1-3,6-8H2,(H,15,16). The van der Waals surface area contributed by atoms with E-state index in [0.29, 0.717) is 17.9 Å². The third-order valence-electron chi connectivity index (χ3n) is 4.14. The molecule has 1 saturated carbocycles. The zero-order valence-electron chi connectivity index (χ0n) is 9.76. The van der Waals surface area contributed by atoms with Crippen LogP contribution in [0.3, 0.4) is 0 Å². The van der Waals surface area contributed by atoms with Crippen LogP contribution in [0.5, 0.6) is 0 Å². The molecular weight excluding hydrogens is 218 g/mol. The molecule has 4 nitrogen and oxygen atoms in total. The van der Waals surface area contributed by atoms with E-state index in [1.54, 1.807) is 0 Å². The maximum Gasteiger partial charge on any atom is 0.339 e. The number of aromatic carboxylic acids is 1. The van der Waals surface area contributed by atoms with E-state index in [2.05, 4.69) is 4.90 Å². The topological polar surface area (TPSA) is 53.7 Å². The van der Waals surface area contributed by atoms with Gasteiger partial charge in [0, 0.05) is 13.1 Å². The van der Waals surface area contributed by atoms with Crippen molar-refractivity contribution < 1.29 is 14.3 Å². The smallest absolute Gasteiger partial charge is 0.339 e. The van der Waals surface area contributed by atoms with Crippen molar-refractivity contribution in [3.63, 3.8) is 0 Å². The Morgan fingerprint density at radius 3 is 2.76 bits per heavy atom. The van der Waals surface area contributed by atoms with Gasteiger partial charge < -0.3 is 9.52 Å². The van der Waals surface area contributed by atoms with E-state index in [9.17, 15) is 4.79 Å². The fourth-order valence-electron chi connectivity index (χ4n) is 3.32. The summed E-state index contributed by atoms with van der Waals surface area (Å²) in [7, 11) is 0. The van der Waals surface area contributed by atoms with Crippen molar-refractivity contribution in [2.24, 2.45) is 11.8 Å². The number of rotatable bonds is 3. The van der Waals surface area contributed by atoms with Gasteiger partial charge in [-0.1, -0.05) is 6.42 Å². The number of carboxylic acids is 1. The SMILES string of the molecule is O=C(O)c1ccoc1CN1CC2CCCC2C1. The summed E-state index contributed by atoms with van der Waals surface area (Å²) in [5.41, 5.74) is 0.307. The van der Waals surface area contributed by atoms with Crippen LogP contribution in [0.25, 0.3) is 0 Å². The maximum atomic E-state index is 11.0. The lowest BCUT2D eigenvalue weighted by Crippen LogP contribution is -2.21. The van der Waals surface area contributed by atoms with E-state index in [0.717, 1.165) is 24.9 Å². The van der Waals surface area contributed by atoms with Gasteiger partial charge in [0.2, 0.25) is 0 Å². The molecule has 2 atom stereocenters. The van der Waals surface area contributed by atoms with Gasteiger partial charge in [0.15, 0.2) is 0 Å². The number of hydrogen-bond donors (Lipinski definition) is 1. The highest BCUT2D eigenvalue weighted by molar-refractivity contribution is 5.88. The van der Waals surface area contributed by atoms with Crippen LogP contribution in [0.2, 0.25) is 0 Å². The number of carbonyl (C=O) groups is 1. The average Bonchev–Trinajstić information content (AvgIpc) is 2.91. The molecule has 1 N–H and O–H groups in total. The molecule has 17 heavy (non-hydrogen) atoms. The molecule has 1 aromatic heterocycles. The Labute approximate surface area is 100 Å². The third kappa shape index (κ3) is 1.97. The van der Waals surface area contributed by atoms with Gasteiger partial charge in [0.25, 0.3) is 0 Å². The zero-order valence-corrected chi connectivity index (χ0v) is 9.76. The van der Waals surface area contributed by atoms with Gasteiger partial charge in [0.05, 0.1) is 12.8 Å². The Bertz CT molecular complexity index is 414. The predicted molar refractivity (Wildman–Crippen MR) is 61.8 cm³/mol. The summed E-state index contributed by atoms with van der Waals surface area (Å²) in [6.45, 7) is 2.84. The Morgan fingerprint density at radius 2 is 2.12 bits per heavy atom. The number of hydrogen-bond acceptors (Lipinski definition) is 3. The monoisotopic (exact) mass is 235 g/mol. The summed E-state index contributed by atoms with van der Waals surface area (Å²) < 4.78 is 5.29. The summed E-state index contributed by atoms with van der Waals surface area (Å²) in [5, 5.41) is 9.01. The quantitative estimate of drug-likeness (QED) is 0.872. The fourth-order valence-corrected chi connectivity index (χ4v) is 3.32. The van der Waals surface area contributed by atoms with E-state index in [1.807, 2.05) is 0 Å². The molecule has 4 heteroatoms. The normalized spacial score (nSPS) is 28.5. The molecule has 0 bridgehead atoms. The molecule has 0 radical (unpaired) electrons. The Hall–Kier alpha value is -1.29. The summed E-state index contributed by atoms with van der Waals surface area (Å²) >= 11 is 0. The van der Waals surface area contributed by atoms with E-state index >= 15 is 0 Å². The van der Waals surface area contributed by atoms with Gasteiger partial charge >= 0.3 is 5.97 Å². The van der Waals surface area contributed by atoms with Crippen molar-refractivity contribution in [3.05, 3.63) is 23.7 Å². The van der Waals surface area contributed by atoms with Crippen molar-refractivity contribution in [2.75, 3.05) is 13.1 Å². The Balaban J connectivity index is 1.67. The Kier molecular flexibility index (Phi) is 2.67. The lowest BCUT2D eigenvalue weighted by atomic mass is 10.0. The van der Waals surface area contributed by atoms with E-state index < -0.39 is 5.97 Å². The van der Waals surface area contributed by atoms with Crippen molar-refractivity contribution >= 4 is 5.97 Å². The number of nitrogens with zero attached hydrogens (tertiary/aromatic N) is 1. The first-order chi connectivity index (χ1) is 8.24. The molecule has 2 heterocycles. The largest absolute Gasteiger partial charge is 0.478 e. The summed E-state index contributed by atoms with van der Waals surface area (Å²) in [5.74, 6) is 1.36. The second-order valence-electron chi connectivity index (χ2n) is 5.21. The molecule has 1 aromatic rings. The van der Waals surface area contributed by atoms with Gasteiger partial charge in [-0.25, -0.2) is 4.79 Å². The number of likely N-dealkylation sites (tertiary alicyclic amines) is 1. The van der Waals surface area contributed by atoms with Crippen LogP contribution in [0, 0.1) is 11.8 Å². The minimum atomic E-state index is -0.895. The first-order valence-corrected chi connectivity index (χ1v) is 6.26. The molecule has 0 aromatic carbocycles. The predicted octanol–water partition coefficient (Wildman–Crippen LogP) is 2.21. The molecule has 2 aliphatic rings. The van der Waals surface area contributed by atoms with Crippen LogP contribution in [0.15, 0.2) is 16.7 Å². The average molecular weight is 235 g/mol. The summed E-state index contributed by atoms with van der Waals surface area (Å²) in [4.78, 5) is 13.3. The molecule has 1 saturated heterocycles. The van der Waals surface area contributed by atoms with Crippen LogP contribution in [-0.2, 0) is 6.54 Å². The molecule has 0 spiro atoms. The van der Waals surface area contributed by atoms with Crippen LogP contribution < -0.4 is 0 Å². The third-order valence-corrected chi connectivity index (χ3v) is 4.14. The summed E-state index contributed by atoms with van der Waals surface area (Å²) in [6, 6.07) is 1.54. The number of carboxylic acid groups (broad SMARTS) is 1. The molecule has 2 unspecified atom stereocenters. The molecule has 2 fully saturated rings. The molecule has 1 aliphatic carbocycles. The number of furan rings is 1. The van der Waals surface area contributed by atoms with Gasteiger partial charge in [-0.15, -0.1) is 0 Å². The van der Waals surface area contributed by atoms with Crippen molar-refractivity contribution in [2.45, 2.75) is 25.8 Å². The number of fused-ring (bicyclic) bond motifs is 1. The van der Waals surface area contributed by atoms with Gasteiger partial charge in [-0.2, -0.15) is 0 Å². The van der Waals surface area contributed by atoms with E-state index in [4.69, 9.17) is 9.52 Å². The molecule has 3 rings (SSSR count). The highest BCUT2D eigenvalue weighted by atomic mass is 16.4.